The van der Waals surface area contributed by atoms with E-state index >= 15 is 0 Å². The molecule has 108 valence electrons. The predicted octanol–water partition coefficient (Wildman–Crippen LogP) is 3.44. The molecule has 0 fully saturated rings. The standard InChI is InChI=1S/C17H25N3/c1-5-18-16(12-17-19-10-11-20(17)4)15-8-6-14(7-9-15)13(2)3/h6-11,13,16,18H,5,12H2,1-4H3. The monoisotopic (exact) mass is 271 g/mol. The Morgan fingerprint density at radius 1 is 1.15 bits per heavy atom. The van der Waals surface area contributed by atoms with Gasteiger partial charge in [-0.05, 0) is 23.6 Å². The van der Waals surface area contributed by atoms with Gasteiger partial charge >= 0.3 is 0 Å². The van der Waals surface area contributed by atoms with Gasteiger partial charge in [-0.2, -0.15) is 0 Å². The van der Waals surface area contributed by atoms with Crippen LogP contribution in [0.2, 0.25) is 0 Å². The quantitative estimate of drug-likeness (QED) is 0.872. The first-order chi connectivity index (χ1) is 9.61. The fourth-order valence-corrected chi connectivity index (χ4v) is 2.44. The molecule has 0 aliphatic carbocycles. The highest BCUT2D eigenvalue weighted by Crippen LogP contribution is 2.21. The van der Waals surface area contributed by atoms with Gasteiger partial charge in [0.05, 0.1) is 0 Å². The third kappa shape index (κ3) is 3.48. The maximum Gasteiger partial charge on any atom is 0.110 e. The SMILES string of the molecule is CCNC(Cc1nccn1C)c1ccc(C(C)C)cc1. The number of nitrogens with zero attached hydrogens (tertiary/aromatic N) is 2. The molecule has 1 atom stereocenters. The van der Waals surface area contributed by atoms with Crippen LogP contribution in [-0.2, 0) is 13.5 Å². The minimum atomic E-state index is 0.322. The summed E-state index contributed by atoms with van der Waals surface area (Å²) < 4.78 is 2.09. The first-order valence-corrected chi connectivity index (χ1v) is 7.41. The van der Waals surface area contributed by atoms with Crippen LogP contribution in [0, 0.1) is 0 Å². The Morgan fingerprint density at radius 3 is 2.30 bits per heavy atom. The molecule has 0 radical (unpaired) electrons. The van der Waals surface area contributed by atoms with Crippen LogP contribution in [0.3, 0.4) is 0 Å². The normalized spacial score (nSPS) is 12.8. The van der Waals surface area contributed by atoms with Crippen molar-refractivity contribution in [3.8, 4) is 0 Å². The van der Waals surface area contributed by atoms with Crippen molar-refractivity contribution < 1.29 is 0 Å². The van der Waals surface area contributed by atoms with Crippen molar-refractivity contribution in [3.63, 3.8) is 0 Å². The Labute approximate surface area is 122 Å². The van der Waals surface area contributed by atoms with Crippen molar-refractivity contribution in [2.24, 2.45) is 7.05 Å². The molecule has 20 heavy (non-hydrogen) atoms. The van der Waals surface area contributed by atoms with Crippen LogP contribution in [0.15, 0.2) is 36.7 Å². The molecule has 3 nitrogen and oxygen atoms in total. The summed E-state index contributed by atoms with van der Waals surface area (Å²) in [5, 5.41) is 3.56. The Kier molecular flexibility index (Phi) is 4.96. The lowest BCUT2D eigenvalue weighted by molar-refractivity contribution is 0.529. The summed E-state index contributed by atoms with van der Waals surface area (Å²) in [7, 11) is 2.05. The van der Waals surface area contributed by atoms with Gasteiger partial charge in [-0.15, -0.1) is 0 Å². The maximum atomic E-state index is 4.43. The molecular formula is C17H25N3. The number of hydrogen-bond acceptors (Lipinski definition) is 2. The van der Waals surface area contributed by atoms with E-state index < -0.39 is 0 Å². The molecule has 1 aromatic heterocycles. The number of hydrogen-bond donors (Lipinski definition) is 1. The number of imidazole rings is 1. The molecular weight excluding hydrogens is 246 g/mol. The largest absolute Gasteiger partial charge is 0.338 e. The molecule has 1 N–H and O–H groups in total. The Balaban J connectivity index is 2.17. The molecule has 0 spiro atoms. The zero-order chi connectivity index (χ0) is 14.5. The van der Waals surface area contributed by atoms with Gasteiger partial charge in [-0.25, -0.2) is 4.98 Å². The minimum Gasteiger partial charge on any atom is -0.338 e. The molecule has 1 aromatic carbocycles. The van der Waals surface area contributed by atoms with Gasteiger partial charge in [0.25, 0.3) is 0 Å². The van der Waals surface area contributed by atoms with Gasteiger partial charge in [-0.1, -0.05) is 45.0 Å². The van der Waals surface area contributed by atoms with E-state index in [-0.39, 0.29) is 0 Å². The summed E-state index contributed by atoms with van der Waals surface area (Å²) in [6, 6.07) is 9.28. The van der Waals surface area contributed by atoms with E-state index in [1.165, 1.54) is 11.1 Å². The molecule has 0 amide bonds. The second-order valence-electron chi connectivity index (χ2n) is 5.59. The van der Waals surface area contributed by atoms with Gasteiger partial charge < -0.3 is 9.88 Å². The van der Waals surface area contributed by atoms with Gasteiger partial charge in [0, 0.05) is 31.9 Å². The van der Waals surface area contributed by atoms with Gasteiger partial charge in [-0.3, -0.25) is 0 Å². The van der Waals surface area contributed by atoms with Crippen LogP contribution in [-0.4, -0.2) is 16.1 Å². The zero-order valence-corrected chi connectivity index (χ0v) is 12.9. The summed E-state index contributed by atoms with van der Waals surface area (Å²) in [4.78, 5) is 4.43. The molecule has 0 bridgehead atoms. The molecule has 0 aliphatic rings. The third-order valence-corrected chi connectivity index (χ3v) is 3.76. The lowest BCUT2D eigenvalue weighted by Crippen LogP contribution is -2.24. The van der Waals surface area contributed by atoms with E-state index in [0.717, 1.165) is 18.8 Å². The summed E-state index contributed by atoms with van der Waals surface area (Å²) >= 11 is 0. The fraction of sp³-hybridized carbons (Fsp3) is 0.471. The molecule has 2 rings (SSSR count). The number of aryl methyl sites for hydroxylation is 1. The van der Waals surface area contributed by atoms with Crippen molar-refractivity contribution in [1.82, 2.24) is 14.9 Å². The Morgan fingerprint density at radius 2 is 1.80 bits per heavy atom. The molecule has 1 unspecified atom stereocenters. The topological polar surface area (TPSA) is 29.9 Å². The summed E-state index contributed by atoms with van der Waals surface area (Å²) in [6.45, 7) is 7.56. The molecule has 0 saturated heterocycles. The predicted molar refractivity (Wildman–Crippen MR) is 83.9 cm³/mol. The van der Waals surface area contributed by atoms with E-state index in [4.69, 9.17) is 0 Å². The summed E-state index contributed by atoms with van der Waals surface area (Å²) in [5.41, 5.74) is 2.72. The highest BCUT2D eigenvalue weighted by Gasteiger charge is 2.14. The van der Waals surface area contributed by atoms with Crippen LogP contribution in [0.4, 0.5) is 0 Å². The Hall–Kier alpha value is -1.61. The van der Waals surface area contributed by atoms with E-state index in [9.17, 15) is 0 Å². The number of aromatic nitrogens is 2. The van der Waals surface area contributed by atoms with Crippen LogP contribution >= 0.6 is 0 Å². The molecule has 0 aliphatic heterocycles. The number of benzene rings is 1. The molecule has 1 heterocycles. The first kappa shape index (κ1) is 14.8. The smallest absolute Gasteiger partial charge is 0.110 e. The Bertz CT molecular complexity index is 525. The lowest BCUT2D eigenvalue weighted by atomic mass is 9.97. The third-order valence-electron chi connectivity index (χ3n) is 3.76. The van der Waals surface area contributed by atoms with E-state index in [1.807, 2.05) is 19.4 Å². The average molecular weight is 271 g/mol. The van der Waals surface area contributed by atoms with Crippen LogP contribution in [0.25, 0.3) is 0 Å². The second kappa shape index (κ2) is 6.71. The molecule has 3 heteroatoms. The highest BCUT2D eigenvalue weighted by atomic mass is 15.0. The van der Waals surface area contributed by atoms with Gasteiger partial charge in [0.2, 0.25) is 0 Å². The number of rotatable bonds is 6. The van der Waals surface area contributed by atoms with Gasteiger partial charge in [0.15, 0.2) is 0 Å². The van der Waals surface area contributed by atoms with Crippen molar-refractivity contribution >= 4 is 0 Å². The van der Waals surface area contributed by atoms with Crippen molar-refractivity contribution in [1.29, 1.82) is 0 Å². The average Bonchev–Trinajstić information content (AvgIpc) is 2.84. The maximum absolute atomic E-state index is 4.43. The molecule has 2 aromatic rings. The van der Waals surface area contributed by atoms with Gasteiger partial charge in [0.1, 0.15) is 5.82 Å². The zero-order valence-electron chi connectivity index (χ0n) is 12.9. The summed E-state index contributed by atoms with van der Waals surface area (Å²) in [6.07, 6.45) is 4.78. The van der Waals surface area contributed by atoms with E-state index in [1.54, 1.807) is 0 Å². The highest BCUT2D eigenvalue weighted by molar-refractivity contribution is 5.27. The van der Waals surface area contributed by atoms with Crippen LogP contribution < -0.4 is 5.32 Å². The van der Waals surface area contributed by atoms with Crippen molar-refractivity contribution in [2.75, 3.05) is 6.54 Å². The second-order valence-corrected chi connectivity index (χ2v) is 5.59. The van der Waals surface area contributed by atoms with Crippen molar-refractivity contribution in [3.05, 3.63) is 53.6 Å². The number of likely N-dealkylation sites (N-methyl/N-ethyl adjacent to an activating group) is 1. The number of nitrogens with one attached hydrogen (secondary N) is 1. The summed E-state index contributed by atoms with van der Waals surface area (Å²) in [5.74, 6) is 1.69. The van der Waals surface area contributed by atoms with Crippen LogP contribution in [0.5, 0.6) is 0 Å². The van der Waals surface area contributed by atoms with E-state index in [0.29, 0.717) is 12.0 Å². The minimum absolute atomic E-state index is 0.322. The van der Waals surface area contributed by atoms with Crippen molar-refractivity contribution in [2.45, 2.75) is 39.2 Å². The molecule has 0 saturated carbocycles. The van der Waals surface area contributed by atoms with Crippen LogP contribution in [0.1, 0.15) is 49.7 Å². The first-order valence-electron chi connectivity index (χ1n) is 7.41. The fourth-order valence-electron chi connectivity index (χ4n) is 2.44. The lowest BCUT2D eigenvalue weighted by Gasteiger charge is -2.19. The van der Waals surface area contributed by atoms with E-state index in [2.05, 4.69) is 59.9 Å².